The third kappa shape index (κ3) is 4.92. The van der Waals surface area contributed by atoms with Crippen LogP contribution in [0, 0.1) is 0 Å². The maximum atomic E-state index is 13.2. The molecule has 2 aromatic carbocycles. The van der Waals surface area contributed by atoms with Gasteiger partial charge in [-0.25, -0.2) is 8.42 Å². The van der Waals surface area contributed by atoms with Gasteiger partial charge >= 0.3 is 6.18 Å². The quantitative estimate of drug-likeness (QED) is 0.444. The Balaban J connectivity index is 1.59. The Morgan fingerprint density at radius 1 is 1.09 bits per heavy atom. The minimum absolute atomic E-state index is 0.130. The molecule has 1 aliphatic rings. The van der Waals surface area contributed by atoms with Crippen LogP contribution in [0.4, 0.5) is 13.2 Å². The summed E-state index contributed by atoms with van der Waals surface area (Å²) in [6.07, 6.45) is -4.81. The predicted molar refractivity (Wildman–Crippen MR) is 116 cm³/mol. The summed E-state index contributed by atoms with van der Waals surface area (Å²) in [5, 5.41) is 3.59. The topological polar surface area (TPSA) is 61.2 Å². The molecule has 0 saturated carbocycles. The van der Waals surface area contributed by atoms with Crippen LogP contribution in [0.15, 0.2) is 70.2 Å². The second-order valence-electron chi connectivity index (χ2n) is 7.61. The second-order valence-corrected chi connectivity index (χ2v) is 10.7. The molecule has 1 aromatic heterocycles. The molecule has 1 saturated heterocycles. The Bertz CT molecular complexity index is 1200. The molecule has 0 aliphatic carbocycles. The molecule has 2 unspecified atom stereocenters. The van der Waals surface area contributed by atoms with Gasteiger partial charge in [-0.2, -0.15) is 18.3 Å². The number of nitrogens with zero attached hydrogens (tertiary/aromatic N) is 2. The van der Waals surface area contributed by atoms with Crippen molar-refractivity contribution in [3.8, 4) is 0 Å². The summed E-state index contributed by atoms with van der Waals surface area (Å²) in [4.78, 5) is -0.322. The largest absolute Gasteiger partial charge is 0.416 e. The van der Waals surface area contributed by atoms with Gasteiger partial charge in [0.15, 0.2) is 9.84 Å². The lowest BCUT2D eigenvalue weighted by Crippen LogP contribution is -2.32. The van der Waals surface area contributed by atoms with Crippen molar-refractivity contribution in [3.05, 3.63) is 82.1 Å². The predicted octanol–water partition coefficient (Wildman–Crippen LogP) is 5.41. The smallest absolute Gasteiger partial charge is 0.372 e. The lowest BCUT2D eigenvalue weighted by atomic mass is 10.1. The zero-order valence-electron chi connectivity index (χ0n) is 16.8. The molecule has 2 atom stereocenters. The molecule has 0 radical (unpaired) electrons. The zero-order valence-corrected chi connectivity index (χ0v) is 19.2. The summed E-state index contributed by atoms with van der Waals surface area (Å²) >= 11 is 3.37. The van der Waals surface area contributed by atoms with Crippen LogP contribution in [0.5, 0.6) is 0 Å². The first kappa shape index (κ1) is 23.0. The number of aromatic nitrogens is 2. The van der Waals surface area contributed by atoms with Crippen molar-refractivity contribution in [2.45, 2.75) is 41.8 Å². The summed E-state index contributed by atoms with van der Waals surface area (Å²) in [5.74, 6) is 0. The molecular formula is C22H20BrF3N2O3S. The maximum absolute atomic E-state index is 13.2. The van der Waals surface area contributed by atoms with Crippen LogP contribution in [-0.4, -0.2) is 30.1 Å². The van der Waals surface area contributed by atoms with E-state index in [1.807, 2.05) is 30.3 Å². The van der Waals surface area contributed by atoms with Gasteiger partial charge in [0.2, 0.25) is 0 Å². The minimum atomic E-state index is -4.61. The van der Waals surface area contributed by atoms with Gasteiger partial charge < -0.3 is 4.74 Å². The van der Waals surface area contributed by atoms with E-state index in [1.54, 1.807) is 10.7 Å². The van der Waals surface area contributed by atoms with Gasteiger partial charge in [0.25, 0.3) is 0 Å². The Kier molecular flexibility index (Phi) is 6.46. The molecule has 4 rings (SSSR count). The maximum Gasteiger partial charge on any atom is 0.416 e. The third-order valence-corrected chi connectivity index (χ3v) is 8.06. The number of rotatable bonds is 5. The number of sulfone groups is 1. The molecule has 0 N–H and O–H groups in total. The van der Waals surface area contributed by atoms with E-state index in [0.29, 0.717) is 22.9 Å². The average molecular weight is 529 g/mol. The van der Waals surface area contributed by atoms with Crippen LogP contribution in [-0.2, 0) is 27.3 Å². The van der Waals surface area contributed by atoms with E-state index in [2.05, 4.69) is 21.0 Å². The Morgan fingerprint density at radius 2 is 1.84 bits per heavy atom. The van der Waals surface area contributed by atoms with Gasteiger partial charge in [-0.3, -0.25) is 4.68 Å². The van der Waals surface area contributed by atoms with Gasteiger partial charge in [0, 0.05) is 6.61 Å². The highest BCUT2D eigenvalue weighted by Gasteiger charge is 2.37. The minimum Gasteiger partial charge on any atom is -0.372 e. The summed E-state index contributed by atoms with van der Waals surface area (Å²) < 4.78 is 73.8. The van der Waals surface area contributed by atoms with Crippen LogP contribution in [0.2, 0.25) is 0 Å². The van der Waals surface area contributed by atoms with E-state index in [1.165, 1.54) is 6.07 Å². The zero-order chi connectivity index (χ0) is 22.9. The number of ether oxygens (including phenoxy) is 1. The fourth-order valence-corrected chi connectivity index (χ4v) is 6.04. The molecule has 3 aromatic rings. The molecule has 2 heterocycles. The molecule has 32 heavy (non-hydrogen) atoms. The summed E-state index contributed by atoms with van der Waals surface area (Å²) in [6, 6.07) is 15.4. The first-order valence-electron chi connectivity index (χ1n) is 9.94. The number of halogens is 4. The molecule has 0 amide bonds. The van der Waals surface area contributed by atoms with Gasteiger partial charge in [0.1, 0.15) is 10.7 Å². The molecule has 10 heteroatoms. The van der Waals surface area contributed by atoms with Crippen molar-refractivity contribution in [3.63, 3.8) is 0 Å². The molecule has 170 valence electrons. The van der Waals surface area contributed by atoms with Crippen molar-refractivity contribution in [2.24, 2.45) is 0 Å². The highest BCUT2D eigenvalue weighted by Crippen LogP contribution is 2.37. The normalized spacial score (nSPS) is 19.8. The van der Waals surface area contributed by atoms with Gasteiger partial charge in [-0.15, -0.1) is 0 Å². The summed E-state index contributed by atoms with van der Waals surface area (Å²) in [6.45, 7) is 0.661. The van der Waals surface area contributed by atoms with E-state index in [9.17, 15) is 21.6 Å². The van der Waals surface area contributed by atoms with Crippen molar-refractivity contribution in [1.29, 1.82) is 0 Å². The lowest BCUT2D eigenvalue weighted by molar-refractivity contribution is -0.137. The van der Waals surface area contributed by atoms with Crippen LogP contribution in [0.25, 0.3) is 0 Å². The number of benzene rings is 2. The highest BCUT2D eigenvalue weighted by molar-refractivity contribution is 9.10. The van der Waals surface area contributed by atoms with Crippen LogP contribution >= 0.6 is 15.9 Å². The van der Waals surface area contributed by atoms with Crippen molar-refractivity contribution < 1.29 is 26.3 Å². The Morgan fingerprint density at radius 3 is 2.56 bits per heavy atom. The molecule has 5 nitrogen and oxygen atoms in total. The van der Waals surface area contributed by atoms with E-state index in [-0.39, 0.29) is 24.3 Å². The molecule has 1 aliphatic heterocycles. The number of alkyl halides is 3. The SMILES string of the molecule is O=S(=O)(c1cccc(C(F)(F)F)c1)C1CCOC(c2cc(Br)nn2Cc2ccccc2)C1. The van der Waals surface area contributed by atoms with Crippen LogP contribution in [0.1, 0.15) is 35.8 Å². The standard InChI is InChI=1S/C22H20BrF3N2O3S/c23-21-13-19(28(27-21)14-15-5-2-1-3-6-15)20-12-18(9-10-31-20)32(29,30)17-8-4-7-16(11-17)22(24,25)26/h1-8,11,13,18,20H,9-10,12,14H2. The fraction of sp³-hybridized carbons (Fsp3) is 0.318. The first-order valence-corrected chi connectivity index (χ1v) is 12.3. The monoisotopic (exact) mass is 528 g/mol. The van der Waals surface area contributed by atoms with Gasteiger partial charge in [0.05, 0.1) is 27.9 Å². The Hall–Kier alpha value is -2.17. The van der Waals surface area contributed by atoms with Crippen LogP contribution < -0.4 is 0 Å². The highest BCUT2D eigenvalue weighted by atomic mass is 79.9. The molecule has 0 bridgehead atoms. The van der Waals surface area contributed by atoms with E-state index < -0.39 is 32.9 Å². The summed E-state index contributed by atoms with van der Waals surface area (Å²) in [7, 11) is -3.97. The van der Waals surface area contributed by atoms with E-state index in [0.717, 1.165) is 17.7 Å². The van der Waals surface area contributed by atoms with Crippen molar-refractivity contribution >= 4 is 25.8 Å². The molecular weight excluding hydrogens is 509 g/mol. The lowest BCUT2D eigenvalue weighted by Gasteiger charge is -2.30. The van der Waals surface area contributed by atoms with Crippen molar-refractivity contribution in [2.75, 3.05) is 6.61 Å². The van der Waals surface area contributed by atoms with Crippen molar-refractivity contribution in [1.82, 2.24) is 9.78 Å². The Labute approximate surface area is 192 Å². The van der Waals surface area contributed by atoms with Crippen LogP contribution in [0.3, 0.4) is 0 Å². The fourth-order valence-electron chi connectivity index (χ4n) is 3.84. The third-order valence-electron chi connectivity index (χ3n) is 5.45. The first-order chi connectivity index (χ1) is 15.1. The van der Waals surface area contributed by atoms with Gasteiger partial charge in [-0.1, -0.05) is 36.4 Å². The number of hydrogen-bond acceptors (Lipinski definition) is 4. The van der Waals surface area contributed by atoms with E-state index >= 15 is 0 Å². The summed E-state index contributed by atoms with van der Waals surface area (Å²) in [5.41, 5.74) is 0.755. The van der Waals surface area contributed by atoms with Gasteiger partial charge in [-0.05, 0) is 58.6 Å². The average Bonchev–Trinajstić information content (AvgIpc) is 3.14. The molecule has 1 fully saturated rings. The van der Waals surface area contributed by atoms with E-state index in [4.69, 9.17) is 4.74 Å². The second kappa shape index (κ2) is 8.99. The number of hydrogen-bond donors (Lipinski definition) is 0. The molecule has 0 spiro atoms.